The smallest absolute Gasteiger partial charge is 0.228 e. The van der Waals surface area contributed by atoms with E-state index in [9.17, 15) is 4.79 Å². The van der Waals surface area contributed by atoms with Gasteiger partial charge in [-0.2, -0.15) is 0 Å². The molecule has 1 rings (SSSR count). The zero-order valence-electron chi connectivity index (χ0n) is 11.5. The van der Waals surface area contributed by atoms with Crippen molar-refractivity contribution in [3.8, 4) is 0 Å². The molecule has 1 heterocycles. The first-order chi connectivity index (χ1) is 8.41. The van der Waals surface area contributed by atoms with Gasteiger partial charge in [-0.05, 0) is 31.9 Å². The van der Waals surface area contributed by atoms with E-state index in [2.05, 4.69) is 5.32 Å². The van der Waals surface area contributed by atoms with Crippen LogP contribution in [0.3, 0.4) is 0 Å². The van der Waals surface area contributed by atoms with E-state index in [1.165, 1.54) is 11.3 Å². The van der Waals surface area contributed by atoms with Gasteiger partial charge in [0.05, 0.1) is 10.3 Å². The molecule has 0 aliphatic heterocycles. The van der Waals surface area contributed by atoms with Gasteiger partial charge in [0.15, 0.2) is 0 Å². The van der Waals surface area contributed by atoms with Crippen LogP contribution in [0.2, 0.25) is 4.34 Å². The number of amides is 1. The molecule has 1 amide bonds. The Morgan fingerprint density at radius 2 is 2.05 bits per heavy atom. The Morgan fingerprint density at radius 1 is 1.47 bits per heavy atom. The standard InChI is InChI=1S/C13H21ClN2OS.ClH/c1-4-13(15,5-2)8-16-12(17)9(3)10-6-7-11(14)18-10;/h6-7,9H,4-5,8,15H2,1-3H3,(H,16,17);1H. The minimum atomic E-state index is -0.303. The molecule has 1 atom stereocenters. The lowest BCUT2D eigenvalue weighted by molar-refractivity contribution is -0.122. The third-order valence-corrected chi connectivity index (χ3v) is 4.85. The van der Waals surface area contributed by atoms with Gasteiger partial charge < -0.3 is 11.1 Å². The molecule has 0 radical (unpaired) electrons. The highest BCUT2D eigenvalue weighted by Crippen LogP contribution is 2.28. The second-order valence-corrected chi connectivity index (χ2v) is 6.40. The van der Waals surface area contributed by atoms with Gasteiger partial charge in [0.2, 0.25) is 5.91 Å². The Morgan fingerprint density at radius 3 is 2.47 bits per heavy atom. The topological polar surface area (TPSA) is 55.1 Å². The molecule has 3 nitrogen and oxygen atoms in total. The molecule has 0 aliphatic carbocycles. The fraction of sp³-hybridized carbons (Fsp3) is 0.615. The van der Waals surface area contributed by atoms with Gasteiger partial charge >= 0.3 is 0 Å². The van der Waals surface area contributed by atoms with Crippen molar-refractivity contribution in [1.29, 1.82) is 0 Å². The van der Waals surface area contributed by atoms with Crippen molar-refractivity contribution < 1.29 is 4.79 Å². The van der Waals surface area contributed by atoms with Gasteiger partial charge in [0.25, 0.3) is 0 Å². The summed E-state index contributed by atoms with van der Waals surface area (Å²) in [5.41, 5.74) is 5.85. The van der Waals surface area contributed by atoms with Gasteiger partial charge in [-0.25, -0.2) is 0 Å². The van der Waals surface area contributed by atoms with Crippen LogP contribution in [-0.2, 0) is 4.79 Å². The van der Waals surface area contributed by atoms with Crippen LogP contribution in [0, 0.1) is 0 Å². The van der Waals surface area contributed by atoms with Gasteiger partial charge in [-0.1, -0.05) is 25.4 Å². The van der Waals surface area contributed by atoms with E-state index in [1.807, 2.05) is 32.9 Å². The number of nitrogens with two attached hydrogens (primary N) is 1. The molecule has 0 spiro atoms. The summed E-state index contributed by atoms with van der Waals surface area (Å²) in [4.78, 5) is 13.0. The minimum absolute atomic E-state index is 0. The molecule has 1 aromatic heterocycles. The zero-order chi connectivity index (χ0) is 13.8. The first-order valence-corrected chi connectivity index (χ1v) is 7.43. The normalized spacial score (nSPS) is 12.7. The molecule has 0 fully saturated rings. The summed E-state index contributed by atoms with van der Waals surface area (Å²) in [7, 11) is 0. The third-order valence-electron chi connectivity index (χ3n) is 3.44. The van der Waals surface area contributed by atoms with Crippen LogP contribution < -0.4 is 11.1 Å². The van der Waals surface area contributed by atoms with Gasteiger partial charge in [0.1, 0.15) is 0 Å². The van der Waals surface area contributed by atoms with Crippen LogP contribution in [0.15, 0.2) is 12.1 Å². The fourth-order valence-corrected chi connectivity index (χ4v) is 2.72. The van der Waals surface area contributed by atoms with Crippen LogP contribution in [0.25, 0.3) is 0 Å². The quantitative estimate of drug-likeness (QED) is 0.840. The number of carbonyl (C=O) groups is 1. The number of halogens is 2. The fourth-order valence-electron chi connectivity index (χ4n) is 1.61. The molecule has 0 saturated heterocycles. The predicted octanol–water partition coefficient (Wildman–Crippen LogP) is 3.56. The minimum Gasteiger partial charge on any atom is -0.354 e. The van der Waals surface area contributed by atoms with E-state index in [0.717, 1.165) is 17.7 Å². The first kappa shape index (κ1) is 18.7. The Balaban J connectivity index is 0.00000324. The van der Waals surface area contributed by atoms with Gasteiger partial charge in [0, 0.05) is 17.0 Å². The highest BCUT2D eigenvalue weighted by Gasteiger charge is 2.23. The molecule has 19 heavy (non-hydrogen) atoms. The average molecular weight is 325 g/mol. The molecule has 0 aromatic carbocycles. The molecule has 3 N–H and O–H groups in total. The van der Waals surface area contributed by atoms with Gasteiger partial charge in [-0.15, -0.1) is 23.7 Å². The van der Waals surface area contributed by atoms with E-state index in [0.29, 0.717) is 10.9 Å². The van der Waals surface area contributed by atoms with Crippen LogP contribution >= 0.6 is 35.3 Å². The lowest BCUT2D eigenvalue weighted by Crippen LogP contribution is -2.49. The zero-order valence-corrected chi connectivity index (χ0v) is 13.9. The van der Waals surface area contributed by atoms with Crippen molar-refractivity contribution in [2.24, 2.45) is 5.73 Å². The van der Waals surface area contributed by atoms with E-state index in [1.54, 1.807) is 0 Å². The van der Waals surface area contributed by atoms with Crippen molar-refractivity contribution in [3.63, 3.8) is 0 Å². The SMILES string of the molecule is CCC(N)(CC)CNC(=O)C(C)c1ccc(Cl)s1.Cl. The first-order valence-electron chi connectivity index (χ1n) is 6.23. The van der Waals surface area contributed by atoms with E-state index < -0.39 is 0 Å². The largest absolute Gasteiger partial charge is 0.354 e. The van der Waals surface area contributed by atoms with E-state index in [-0.39, 0.29) is 29.8 Å². The Bertz CT molecular complexity index is 405. The highest BCUT2D eigenvalue weighted by atomic mass is 35.5. The predicted molar refractivity (Wildman–Crippen MR) is 85.5 cm³/mol. The van der Waals surface area contributed by atoms with Crippen LogP contribution in [-0.4, -0.2) is 18.0 Å². The second-order valence-electron chi connectivity index (χ2n) is 4.65. The molecule has 0 aliphatic rings. The van der Waals surface area contributed by atoms with Crippen molar-refractivity contribution >= 4 is 41.3 Å². The molecular weight excluding hydrogens is 303 g/mol. The third kappa shape index (κ3) is 5.30. The van der Waals surface area contributed by atoms with Crippen molar-refractivity contribution in [2.45, 2.75) is 45.1 Å². The number of thiophene rings is 1. The Kier molecular flexibility index (Phi) is 7.98. The number of hydrogen-bond donors (Lipinski definition) is 2. The average Bonchev–Trinajstić information content (AvgIpc) is 2.81. The van der Waals surface area contributed by atoms with E-state index >= 15 is 0 Å². The second kappa shape index (κ2) is 8.10. The summed E-state index contributed by atoms with van der Waals surface area (Å²) in [6.45, 7) is 6.48. The summed E-state index contributed by atoms with van der Waals surface area (Å²) in [5, 5.41) is 2.93. The lowest BCUT2D eigenvalue weighted by Gasteiger charge is -2.27. The maximum absolute atomic E-state index is 12.0. The number of carbonyl (C=O) groups excluding carboxylic acids is 1. The molecule has 6 heteroatoms. The van der Waals surface area contributed by atoms with E-state index in [4.69, 9.17) is 17.3 Å². The van der Waals surface area contributed by atoms with Crippen LogP contribution in [0.1, 0.15) is 44.4 Å². The van der Waals surface area contributed by atoms with Crippen molar-refractivity contribution in [2.75, 3.05) is 6.54 Å². The Labute approximate surface area is 130 Å². The molecule has 0 saturated carbocycles. The molecule has 110 valence electrons. The number of nitrogens with one attached hydrogen (secondary N) is 1. The van der Waals surface area contributed by atoms with Crippen molar-refractivity contribution in [1.82, 2.24) is 5.32 Å². The molecule has 0 bridgehead atoms. The van der Waals surface area contributed by atoms with Crippen LogP contribution in [0.4, 0.5) is 0 Å². The summed E-state index contributed by atoms with van der Waals surface area (Å²) < 4.78 is 0.708. The molecule has 1 aromatic rings. The summed E-state index contributed by atoms with van der Waals surface area (Å²) in [5.74, 6) is -0.175. The summed E-state index contributed by atoms with van der Waals surface area (Å²) in [6, 6.07) is 3.71. The van der Waals surface area contributed by atoms with Crippen LogP contribution in [0.5, 0.6) is 0 Å². The Hall–Kier alpha value is -0.290. The monoisotopic (exact) mass is 324 g/mol. The maximum atomic E-state index is 12.0. The number of rotatable bonds is 6. The molecule has 1 unspecified atom stereocenters. The van der Waals surface area contributed by atoms with Crippen molar-refractivity contribution in [3.05, 3.63) is 21.3 Å². The van der Waals surface area contributed by atoms with Gasteiger partial charge in [-0.3, -0.25) is 4.79 Å². The highest BCUT2D eigenvalue weighted by molar-refractivity contribution is 7.16. The number of hydrogen-bond acceptors (Lipinski definition) is 3. The molecular formula is C13H22Cl2N2OS. The maximum Gasteiger partial charge on any atom is 0.228 e. The lowest BCUT2D eigenvalue weighted by atomic mass is 9.94. The summed E-state index contributed by atoms with van der Waals surface area (Å²) >= 11 is 7.31. The summed E-state index contributed by atoms with van der Waals surface area (Å²) in [6.07, 6.45) is 1.70.